The van der Waals surface area contributed by atoms with Gasteiger partial charge in [0.05, 0.1) is 12.7 Å². The van der Waals surface area contributed by atoms with Gasteiger partial charge in [0.1, 0.15) is 0 Å². The van der Waals surface area contributed by atoms with E-state index < -0.39 is 5.91 Å². The Hall–Kier alpha value is -2.38. The Morgan fingerprint density at radius 1 is 1.33 bits per heavy atom. The van der Waals surface area contributed by atoms with Gasteiger partial charge in [-0.1, -0.05) is 22.9 Å². The van der Waals surface area contributed by atoms with Crippen LogP contribution in [0.15, 0.2) is 36.7 Å². The highest BCUT2D eigenvalue weighted by molar-refractivity contribution is 6.35. The zero-order valence-electron chi connectivity index (χ0n) is 11.0. The minimum Gasteiger partial charge on any atom is -0.346 e. The molecule has 3 rings (SSSR count). The van der Waals surface area contributed by atoms with E-state index in [1.807, 2.05) is 35.9 Å². The van der Waals surface area contributed by atoms with Crippen molar-refractivity contribution in [1.82, 2.24) is 25.0 Å². The molecule has 0 atom stereocenters. The number of rotatable bonds is 4. The monoisotopic (exact) mass is 304 g/mol. The van der Waals surface area contributed by atoms with Crippen molar-refractivity contribution in [3.05, 3.63) is 47.4 Å². The molecule has 1 amide bonds. The zero-order valence-corrected chi connectivity index (χ0v) is 11.8. The van der Waals surface area contributed by atoms with E-state index in [-0.39, 0.29) is 5.69 Å². The van der Waals surface area contributed by atoms with Gasteiger partial charge in [0.15, 0.2) is 5.69 Å². The van der Waals surface area contributed by atoms with Gasteiger partial charge in [0.2, 0.25) is 0 Å². The van der Waals surface area contributed by atoms with Crippen LogP contribution in [-0.2, 0) is 13.1 Å². The molecule has 2 heterocycles. The normalized spacial score (nSPS) is 11.0. The van der Waals surface area contributed by atoms with Crippen molar-refractivity contribution >= 4 is 28.4 Å². The number of halogens is 1. The van der Waals surface area contributed by atoms with Crippen LogP contribution in [0.4, 0.5) is 0 Å². The Morgan fingerprint density at radius 2 is 2.19 bits per heavy atom. The lowest BCUT2D eigenvalue weighted by Gasteiger charge is -2.05. The molecule has 0 fully saturated rings. The SMILES string of the molecule is NNC(=O)c1cn(CCn2ccc3c(Cl)cccc32)nn1. The molecule has 108 valence electrons. The first-order valence-corrected chi connectivity index (χ1v) is 6.71. The topological polar surface area (TPSA) is 90.8 Å². The van der Waals surface area contributed by atoms with Crippen LogP contribution >= 0.6 is 11.6 Å². The van der Waals surface area contributed by atoms with E-state index in [2.05, 4.69) is 14.9 Å². The molecular weight excluding hydrogens is 292 g/mol. The first kappa shape index (κ1) is 13.6. The maximum Gasteiger partial charge on any atom is 0.287 e. The summed E-state index contributed by atoms with van der Waals surface area (Å²) >= 11 is 6.14. The molecule has 3 aromatic rings. The minimum atomic E-state index is -0.459. The summed E-state index contributed by atoms with van der Waals surface area (Å²) in [6.45, 7) is 1.28. The number of carbonyl (C=O) groups excluding carboxylic acids is 1. The van der Waals surface area contributed by atoms with E-state index in [4.69, 9.17) is 17.4 Å². The number of hydrogen-bond donors (Lipinski definition) is 2. The molecule has 3 N–H and O–H groups in total. The number of nitrogens with two attached hydrogens (primary N) is 1. The smallest absolute Gasteiger partial charge is 0.287 e. The highest BCUT2D eigenvalue weighted by Crippen LogP contribution is 2.24. The number of nitrogen functional groups attached to an aromatic ring is 1. The Bertz CT molecular complexity index is 793. The van der Waals surface area contributed by atoms with Crippen molar-refractivity contribution in [3.8, 4) is 0 Å². The summed E-state index contributed by atoms with van der Waals surface area (Å²) in [5.41, 5.74) is 3.27. The van der Waals surface area contributed by atoms with Gasteiger partial charge in [-0.05, 0) is 18.2 Å². The molecule has 0 bridgehead atoms. The number of nitrogens with zero attached hydrogens (tertiary/aromatic N) is 4. The van der Waals surface area contributed by atoms with Crippen LogP contribution in [0.25, 0.3) is 10.9 Å². The lowest BCUT2D eigenvalue weighted by Crippen LogP contribution is -2.30. The van der Waals surface area contributed by atoms with Gasteiger partial charge in [-0.2, -0.15) is 0 Å². The number of benzene rings is 1. The molecule has 0 saturated heterocycles. The predicted octanol–water partition coefficient (Wildman–Crippen LogP) is 1.19. The quantitative estimate of drug-likeness (QED) is 0.430. The third-order valence-corrected chi connectivity index (χ3v) is 3.56. The van der Waals surface area contributed by atoms with Crippen LogP contribution < -0.4 is 11.3 Å². The van der Waals surface area contributed by atoms with Crippen LogP contribution in [0, 0.1) is 0 Å². The maximum atomic E-state index is 11.3. The summed E-state index contributed by atoms with van der Waals surface area (Å²) in [7, 11) is 0. The standard InChI is InChI=1S/C13H13ClN6O/c14-10-2-1-3-12-9(10)4-5-19(12)6-7-20-8-11(17-18-20)13(21)16-15/h1-5,8H,6-7,15H2,(H,16,21). The predicted molar refractivity (Wildman–Crippen MR) is 78.6 cm³/mol. The minimum absolute atomic E-state index is 0.193. The molecule has 7 nitrogen and oxygen atoms in total. The molecule has 0 unspecified atom stereocenters. The van der Waals surface area contributed by atoms with Gasteiger partial charge in [-0.3, -0.25) is 10.2 Å². The number of carbonyl (C=O) groups is 1. The molecule has 0 radical (unpaired) electrons. The number of hydrazine groups is 1. The molecular formula is C13H13ClN6O. The number of aryl methyl sites for hydroxylation is 2. The fraction of sp³-hybridized carbons (Fsp3) is 0.154. The van der Waals surface area contributed by atoms with Crippen LogP contribution in [0.1, 0.15) is 10.5 Å². The largest absolute Gasteiger partial charge is 0.346 e. The maximum absolute atomic E-state index is 11.3. The third kappa shape index (κ3) is 2.61. The number of hydrogen-bond acceptors (Lipinski definition) is 4. The Labute approximate surface area is 125 Å². The second-order valence-electron chi connectivity index (χ2n) is 4.52. The molecule has 1 aromatic carbocycles. The average Bonchev–Trinajstić information content (AvgIpc) is 3.12. The van der Waals surface area contributed by atoms with Gasteiger partial charge in [-0.15, -0.1) is 5.10 Å². The van der Waals surface area contributed by atoms with E-state index in [1.54, 1.807) is 10.9 Å². The lowest BCUT2D eigenvalue weighted by molar-refractivity contribution is 0.0948. The summed E-state index contributed by atoms with van der Waals surface area (Å²) in [5.74, 6) is 4.59. The summed E-state index contributed by atoms with van der Waals surface area (Å²) in [4.78, 5) is 11.3. The van der Waals surface area contributed by atoms with Crippen LogP contribution in [0.3, 0.4) is 0 Å². The summed E-state index contributed by atoms with van der Waals surface area (Å²) in [5, 5.41) is 9.39. The van der Waals surface area contributed by atoms with Gasteiger partial charge in [-0.25, -0.2) is 10.5 Å². The van der Waals surface area contributed by atoms with Gasteiger partial charge in [0.25, 0.3) is 5.91 Å². The van der Waals surface area contributed by atoms with E-state index >= 15 is 0 Å². The molecule has 0 aliphatic heterocycles. The fourth-order valence-electron chi connectivity index (χ4n) is 2.18. The van der Waals surface area contributed by atoms with Gasteiger partial charge >= 0.3 is 0 Å². The Balaban J connectivity index is 1.76. The molecule has 21 heavy (non-hydrogen) atoms. The van der Waals surface area contributed by atoms with Gasteiger partial charge < -0.3 is 4.57 Å². The molecule has 2 aromatic heterocycles. The number of amides is 1. The van der Waals surface area contributed by atoms with Crippen molar-refractivity contribution in [2.75, 3.05) is 0 Å². The summed E-state index contributed by atoms with van der Waals surface area (Å²) in [6.07, 6.45) is 3.53. The van der Waals surface area contributed by atoms with Crippen molar-refractivity contribution in [3.63, 3.8) is 0 Å². The van der Waals surface area contributed by atoms with E-state index in [9.17, 15) is 4.79 Å². The van der Waals surface area contributed by atoms with E-state index in [1.165, 1.54) is 0 Å². The number of nitrogens with one attached hydrogen (secondary N) is 1. The van der Waals surface area contributed by atoms with Crippen molar-refractivity contribution in [2.45, 2.75) is 13.1 Å². The third-order valence-electron chi connectivity index (χ3n) is 3.23. The zero-order chi connectivity index (χ0) is 14.8. The summed E-state index contributed by atoms with van der Waals surface area (Å²) in [6, 6.07) is 7.77. The Morgan fingerprint density at radius 3 is 3.00 bits per heavy atom. The van der Waals surface area contributed by atoms with Crippen LogP contribution in [-0.4, -0.2) is 25.5 Å². The van der Waals surface area contributed by atoms with Gasteiger partial charge in [0, 0.05) is 28.7 Å². The molecule has 0 spiro atoms. The highest BCUT2D eigenvalue weighted by Gasteiger charge is 2.09. The Kier molecular flexibility index (Phi) is 3.59. The fourth-order valence-corrected chi connectivity index (χ4v) is 2.41. The first-order valence-electron chi connectivity index (χ1n) is 6.33. The van der Waals surface area contributed by atoms with Crippen molar-refractivity contribution in [2.24, 2.45) is 5.84 Å². The molecule has 8 heteroatoms. The first-order chi connectivity index (χ1) is 10.2. The summed E-state index contributed by atoms with van der Waals surface area (Å²) < 4.78 is 3.67. The van der Waals surface area contributed by atoms with Crippen LogP contribution in [0.2, 0.25) is 5.02 Å². The lowest BCUT2D eigenvalue weighted by atomic mass is 10.2. The van der Waals surface area contributed by atoms with Crippen molar-refractivity contribution < 1.29 is 4.79 Å². The average molecular weight is 305 g/mol. The van der Waals surface area contributed by atoms with E-state index in [0.717, 1.165) is 15.9 Å². The van der Waals surface area contributed by atoms with E-state index in [0.29, 0.717) is 13.1 Å². The van der Waals surface area contributed by atoms with Crippen molar-refractivity contribution in [1.29, 1.82) is 0 Å². The number of fused-ring (bicyclic) bond motifs is 1. The second kappa shape index (κ2) is 5.55. The molecule has 0 aliphatic rings. The second-order valence-corrected chi connectivity index (χ2v) is 4.93. The molecule has 0 saturated carbocycles. The molecule has 0 aliphatic carbocycles. The highest BCUT2D eigenvalue weighted by atomic mass is 35.5. The van der Waals surface area contributed by atoms with Crippen LogP contribution in [0.5, 0.6) is 0 Å². The number of aromatic nitrogens is 4.